The van der Waals surface area contributed by atoms with Crippen LogP contribution >= 0.6 is 0 Å². The molecule has 0 saturated carbocycles. The zero-order valence-corrected chi connectivity index (χ0v) is 8.60. The first-order valence-corrected chi connectivity index (χ1v) is 4.45. The van der Waals surface area contributed by atoms with Crippen molar-refractivity contribution in [2.24, 2.45) is 0 Å². The number of hydrazine groups is 1. The molecule has 2 rings (SSSR count). The van der Waals surface area contributed by atoms with Gasteiger partial charge in [-0.1, -0.05) is 11.2 Å². The van der Waals surface area contributed by atoms with Crippen molar-refractivity contribution in [1.82, 2.24) is 5.59 Å². The van der Waals surface area contributed by atoms with Gasteiger partial charge in [-0.15, -0.1) is 0 Å². The summed E-state index contributed by atoms with van der Waals surface area (Å²) in [6.07, 6.45) is 0. The second-order valence-corrected chi connectivity index (χ2v) is 2.95. The van der Waals surface area contributed by atoms with E-state index < -0.39 is 17.8 Å². The number of rotatable bonds is 2. The van der Waals surface area contributed by atoms with E-state index in [0.717, 1.165) is 0 Å². The molecule has 1 aromatic rings. The van der Waals surface area contributed by atoms with E-state index in [1.807, 2.05) is 5.59 Å². The second-order valence-electron chi connectivity index (χ2n) is 2.95. The summed E-state index contributed by atoms with van der Waals surface area (Å²) in [6, 6.07) is 3.95. The Labute approximate surface area is 94.5 Å². The van der Waals surface area contributed by atoms with Crippen molar-refractivity contribution >= 4 is 17.6 Å². The number of para-hydroxylation sites is 1. The summed E-state index contributed by atoms with van der Waals surface area (Å²) in [4.78, 5) is 30.5. The number of nitrogens with one attached hydrogen (secondary N) is 1. The molecule has 0 spiro atoms. The third kappa shape index (κ3) is 1.97. The number of hydrogen-bond donors (Lipinski definition) is 1. The fourth-order valence-electron chi connectivity index (χ4n) is 1.22. The number of carbonyl (C=O) groups is 2. The molecule has 0 unspecified atom stereocenters. The lowest BCUT2D eigenvalue weighted by Gasteiger charge is -2.26. The molecule has 1 N–H and O–H groups in total. The van der Waals surface area contributed by atoms with E-state index in [-0.39, 0.29) is 11.4 Å². The lowest BCUT2D eigenvalue weighted by Crippen LogP contribution is -2.49. The normalized spacial score (nSPS) is 15.3. The highest BCUT2D eigenvalue weighted by Gasteiger charge is 2.31. The van der Waals surface area contributed by atoms with Crippen molar-refractivity contribution in [2.75, 3.05) is 12.3 Å². The van der Waals surface area contributed by atoms with Crippen molar-refractivity contribution in [1.29, 1.82) is 0 Å². The zero-order chi connectivity index (χ0) is 12.4. The molecular weight excluding hydrogens is 235 g/mol. The van der Waals surface area contributed by atoms with Crippen molar-refractivity contribution < 1.29 is 28.4 Å². The van der Waals surface area contributed by atoms with E-state index in [0.29, 0.717) is 5.17 Å². The molecule has 1 aliphatic heterocycles. The summed E-state index contributed by atoms with van der Waals surface area (Å²) < 4.78 is 18.2. The van der Waals surface area contributed by atoms with Crippen molar-refractivity contribution in [3.8, 4) is 5.75 Å². The molecule has 0 bridgehead atoms. The van der Waals surface area contributed by atoms with E-state index in [2.05, 4.69) is 9.68 Å². The number of nitrogens with zero attached hydrogens (tertiary/aromatic N) is 1. The molecular formula is C9H7FN2O5. The minimum atomic E-state index is -1.23. The molecule has 0 amide bonds. The summed E-state index contributed by atoms with van der Waals surface area (Å²) in [7, 11) is 1.25. The quantitative estimate of drug-likeness (QED) is 0.735. The highest BCUT2D eigenvalue weighted by atomic mass is 19.1. The molecule has 7 nitrogen and oxygen atoms in total. The van der Waals surface area contributed by atoms with Gasteiger partial charge in [0.25, 0.3) is 0 Å². The highest BCUT2D eigenvalue weighted by molar-refractivity contribution is 6.30. The summed E-state index contributed by atoms with van der Waals surface area (Å²) in [6.45, 7) is 0. The minimum absolute atomic E-state index is 0.0494. The van der Waals surface area contributed by atoms with Crippen LogP contribution in [0.4, 0.5) is 10.1 Å². The Balaban J connectivity index is 2.31. The van der Waals surface area contributed by atoms with Crippen LogP contribution < -0.4 is 15.5 Å². The highest BCUT2D eigenvalue weighted by Crippen LogP contribution is 2.30. The first-order chi connectivity index (χ1) is 8.13. The van der Waals surface area contributed by atoms with E-state index in [1.54, 1.807) is 0 Å². The minimum Gasteiger partial charge on any atom is -0.491 e. The number of methoxy groups -OCH3 is 1. The Morgan fingerprint density at radius 1 is 1.35 bits per heavy atom. The molecule has 0 radical (unpaired) electrons. The van der Waals surface area contributed by atoms with Crippen LogP contribution in [-0.2, 0) is 19.3 Å². The van der Waals surface area contributed by atoms with Crippen molar-refractivity contribution in [2.45, 2.75) is 0 Å². The third-order valence-electron chi connectivity index (χ3n) is 1.93. The van der Waals surface area contributed by atoms with Crippen LogP contribution in [-0.4, -0.2) is 19.0 Å². The predicted molar refractivity (Wildman–Crippen MR) is 50.8 cm³/mol. The number of anilines is 1. The maximum absolute atomic E-state index is 13.4. The van der Waals surface area contributed by atoms with Crippen molar-refractivity contribution in [3.63, 3.8) is 0 Å². The van der Waals surface area contributed by atoms with Crippen LogP contribution in [0.5, 0.6) is 5.75 Å². The molecule has 17 heavy (non-hydrogen) atoms. The van der Waals surface area contributed by atoms with E-state index in [9.17, 15) is 14.0 Å². The Morgan fingerprint density at radius 2 is 2.12 bits per heavy atom. The van der Waals surface area contributed by atoms with Gasteiger partial charge < -0.3 is 14.4 Å². The fraction of sp³-hybridized carbons (Fsp3) is 0.111. The number of ether oxygens (including phenoxy) is 1. The first kappa shape index (κ1) is 11.1. The fourth-order valence-corrected chi connectivity index (χ4v) is 1.22. The molecule has 8 heteroatoms. The van der Waals surface area contributed by atoms with Gasteiger partial charge in [0.1, 0.15) is 5.69 Å². The zero-order valence-electron chi connectivity index (χ0n) is 8.60. The van der Waals surface area contributed by atoms with Crippen LogP contribution in [0.25, 0.3) is 0 Å². The van der Waals surface area contributed by atoms with Crippen LogP contribution in [0.15, 0.2) is 18.2 Å². The molecule has 0 aliphatic carbocycles. The van der Waals surface area contributed by atoms with Crippen LogP contribution in [0.3, 0.4) is 0 Å². The maximum Gasteiger partial charge on any atom is 0.444 e. The monoisotopic (exact) mass is 242 g/mol. The van der Waals surface area contributed by atoms with Gasteiger partial charge >= 0.3 is 11.9 Å². The van der Waals surface area contributed by atoms with Crippen molar-refractivity contribution in [3.05, 3.63) is 24.0 Å². The van der Waals surface area contributed by atoms with Gasteiger partial charge in [0.15, 0.2) is 11.6 Å². The van der Waals surface area contributed by atoms with E-state index in [1.165, 1.54) is 25.3 Å². The molecule has 1 heterocycles. The van der Waals surface area contributed by atoms with Gasteiger partial charge in [-0.25, -0.2) is 14.0 Å². The van der Waals surface area contributed by atoms with Crippen LogP contribution in [0.2, 0.25) is 0 Å². The summed E-state index contributed by atoms with van der Waals surface area (Å²) >= 11 is 0. The van der Waals surface area contributed by atoms with E-state index >= 15 is 0 Å². The lowest BCUT2D eigenvalue weighted by atomic mass is 10.3. The topological polar surface area (TPSA) is 77.1 Å². The largest absolute Gasteiger partial charge is 0.491 e. The van der Waals surface area contributed by atoms with Gasteiger partial charge in [-0.05, 0) is 17.7 Å². The first-order valence-electron chi connectivity index (χ1n) is 4.45. The van der Waals surface area contributed by atoms with Gasteiger partial charge in [0.2, 0.25) is 0 Å². The molecule has 1 fully saturated rings. The Kier molecular flexibility index (Phi) is 2.79. The molecule has 0 aromatic heterocycles. The summed E-state index contributed by atoms with van der Waals surface area (Å²) in [5, 5.41) is 0.686. The number of hydrogen-bond acceptors (Lipinski definition) is 7. The smallest absolute Gasteiger partial charge is 0.444 e. The predicted octanol–water partition coefficient (Wildman–Crippen LogP) is 0.0753. The standard InChI is InChI=1S/C9H7FN2O5/c1-15-7-5(10)3-2-4-6(7)12-11-16-8(13)9(14)17-12/h2-4,11H,1H3. The maximum atomic E-state index is 13.4. The van der Waals surface area contributed by atoms with Gasteiger partial charge in [-0.2, -0.15) is 0 Å². The molecule has 90 valence electrons. The van der Waals surface area contributed by atoms with Crippen LogP contribution in [0.1, 0.15) is 0 Å². The van der Waals surface area contributed by atoms with E-state index in [4.69, 9.17) is 4.74 Å². The number of carbonyl (C=O) groups excluding carboxylic acids is 2. The lowest BCUT2D eigenvalue weighted by molar-refractivity contribution is -0.192. The summed E-state index contributed by atoms with van der Waals surface area (Å²) in [5.41, 5.74) is 2.06. The molecule has 1 aromatic carbocycles. The second kappa shape index (κ2) is 4.26. The van der Waals surface area contributed by atoms with Gasteiger partial charge in [0, 0.05) is 0 Å². The Bertz CT molecular complexity index is 478. The molecule has 1 aliphatic rings. The van der Waals surface area contributed by atoms with Crippen LogP contribution in [0, 0.1) is 5.82 Å². The summed E-state index contributed by atoms with van der Waals surface area (Å²) in [5.74, 6) is -3.24. The third-order valence-corrected chi connectivity index (χ3v) is 1.93. The Hall–Kier alpha value is -2.35. The number of benzene rings is 1. The van der Waals surface area contributed by atoms with Gasteiger partial charge in [-0.3, -0.25) is 0 Å². The SMILES string of the molecule is COc1c(F)cccc1N1NOC(=O)C(=O)O1. The molecule has 1 saturated heterocycles. The number of halogens is 1. The van der Waals surface area contributed by atoms with Gasteiger partial charge in [0.05, 0.1) is 7.11 Å². The average molecular weight is 242 g/mol. The average Bonchev–Trinajstić information content (AvgIpc) is 2.32. The molecule has 0 atom stereocenters. The Morgan fingerprint density at radius 3 is 2.76 bits per heavy atom.